The lowest BCUT2D eigenvalue weighted by atomic mass is 9.77. The Hall–Kier alpha value is -0.160. The molecule has 2 atom stereocenters. The van der Waals surface area contributed by atoms with Crippen LogP contribution in [0.15, 0.2) is 0 Å². The van der Waals surface area contributed by atoms with Crippen LogP contribution in [-0.2, 0) is 14.2 Å². The van der Waals surface area contributed by atoms with Crippen molar-refractivity contribution < 1.29 is 14.2 Å². The average Bonchev–Trinajstić information content (AvgIpc) is 2.50. The second kappa shape index (κ2) is 8.32. The summed E-state index contributed by atoms with van der Waals surface area (Å²) in [6, 6.07) is 0.395. The Morgan fingerprint density at radius 1 is 1.20 bits per heavy atom. The van der Waals surface area contributed by atoms with Crippen molar-refractivity contribution in [1.82, 2.24) is 5.32 Å². The van der Waals surface area contributed by atoms with Gasteiger partial charge in [-0.25, -0.2) is 0 Å². The van der Waals surface area contributed by atoms with Gasteiger partial charge in [-0.05, 0) is 32.7 Å². The summed E-state index contributed by atoms with van der Waals surface area (Å²) >= 11 is 0. The number of rotatable bonds is 7. The molecule has 4 heteroatoms. The van der Waals surface area contributed by atoms with E-state index in [1.165, 1.54) is 12.8 Å². The summed E-state index contributed by atoms with van der Waals surface area (Å²) in [6.45, 7) is 9.58. The molecule has 2 unspecified atom stereocenters. The Morgan fingerprint density at radius 2 is 2.00 bits per heavy atom. The van der Waals surface area contributed by atoms with E-state index in [0.717, 1.165) is 58.8 Å². The van der Waals surface area contributed by atoms with Crippen LogP contribution in [0.4, 0.5) is 0 Å². The maximum Gasteiger partial charge on any atom is 0.0881 e. The van der Waals surface area contributed by atoms with E-state index in [1.807, 2.05) is 0 Å². The maximum absolute atomic E-state index is 6.28. The molecule has 0 aromatic carbocycles. The van der Waals surface area contributed by atoms with E-state index in [2.05, 4.69) is 19.2 Å². The maximum atomic E-state index is 6.28. The molecular weight excluding hydrogens is 254 g/mol. The second-order valence-corrected chi connectivity index (χ2v) is 6.02. The van der Waals surface area contributed by atoms with Crippen molar-refractivity contribution in [3.05, 3.63) is 0 Å². The number of ether oxygens (including phenoxy) is 3. The van der Waals surface area contributed by atoms with Gasteiger partial charge in [0.1, 0.15) is 0 Å². The smallest absolute Gasteiger partial charge is 0.0881 e. The van der Waals surface area contributed by atoms with E-state index < -0.39 is 0 Å². The van der Waals surface area contributed by atoms with Crippen molar-refractivity contribution in [2.75, 3.05) is 39.6 Å². The van der Waals surface area contributed by atoms with Crippen LogP contribution >= 0.6 is 0 Å². The SMILES string of the molecule is CCCNC(C1CCCOC1)C1(OCC)CCOCC1. The summed E-state index contributed by atoms with van der Waals surface area (Å²) in [5.74, 6) is 0.569. The van der Waals surface area contributed by atoms with Crippen LogP contribution in [-0.4, -0.2) is 51.2 Å². The largest absolute Gasteiger partial charge is 0.381 e. The Kier molecular flexibility index (Phi) is 6.75. The minimum absolute atomic E-state index is 0.0620. The third kappa shape index (κ3) is 3.94. The van der Waals surface area contributed by atoms with Crippen LogP contribution in [0.2, 0.25) is 0 Å². The predicted octanol–water partition coefficient (Wildman–Crippen LogP) is 2.37. The number of hydrogen-bond donors (Lipinski definition) is 1. The zero-order chi connectivity index (χ0) is 14.3. The van der Waals surface area contributed by atoms with Crippen molar-refractivity contribution in [2.24, 2.45) is 5.92 Å². The highest BCUT2D eigenvalue weighted by Crippen LogP contribution is 2.35. The zero-order valence-corrected chi connectivity index (χ0v) is 13.2. The summed E-state index contributed by atoms with van der Waals surface area (Å²) < 4.78 is 17.6. The molecule has 0 radical (unpaired) electrons. The molecule has 2 aliphatic rings. The molecule has 0 bridgehead atoms. The summed E-state index contributed by atoms with van der Waals surface area (Å²) in [5, 5.41) is 3.77. The quantitative estimate of drug-likeness (QED) is 0.779. The molecule has 0 saturated carbocycles. The van der Waals surface area contributed by atoms with Gasteiger partial charge in [0.25, 0.3) is 0 Å². The molecule has 4 nitrogen and oxygen atoms in total. The molecule has 1 N–H and O–H groups in total. The molecule has 0 spiro atoms. The molecular formula is C16H31NO3. The van der Waals surface area contributed by atoms with E-state index in [4.69, 9.17) is 14.2 Å². The van der Waals surface area contributed by atoms with Crippen LogP contribution in [0.5, 0.6) is 0 Å². The van der Waals surface area contributed by atoms with E-state index in [1.54, 1.807) is 0 Å². The van der Waals surface area contributed by atoms with Gasteiger partial charge in [0, 0.05) is 51.2 Å². The van der Waals surface area contributed by atoms with Gasteiger partial charge in [-0.3, -0.25) is 0 Å². The molecule has 2 aliphatic heterocycles. The summed E-state index contributed by atoms with van der Waals surface area (Å²) in [7, 11) is 0. The van der Waals surface area contributed by atoms with Crippen molar-refractivity contribution in [3.8, 4) is 0 Å². The minimum atomic E-state index is -0.0620. The normalized spacial score (nSPS) is 28.2. The van der Waals surface area contributed by atoms with Gasteiger partial charge in [0.15, 0.2) is 0 Å². The highest BCUT2D eigenvalue weighted by molar-refractivity contribution is 4.99. The second-order valence-electron chi connectivity index (χ2n) is 6.02. The van der Waals surface area contributed by atoms with E-state index in [0.29, 0.717) is 12.0 Å². The number of hydrogen-bond acceptors (Lipinski definition) is 4. The summed E-state index contributed by atoms with van der Waals surface area (Å²) in [5.41, 5.74) is -0.0620. The Morgan fingerprint density at radius 3 is 2.60 bits per heavy atom. The van der Waals surface area contributed by atoms with Gasteiger partial charge in [0.05, 0.1) is 12.2 Å². The fraction of sp³-hybridized carbons (Fsp3) is 1.00. The molecule has 0 aromatic rings. The van der Waals surface area contributed by atoms with Gasteiger partial charge in [0.2, 0.25) is 0 Å². The van der Waals surface area contributed by atoms with Crippen LogP contribution in [0.3, 0.4) is 0 Å². The van der Waals surface area contributed by atoms with Gasteiger partial charge in [-0.1, -0.05) is 6.92 Å². The topological polar surface area (TPSA) is 39.7 Å². The molecule has 20 heavy (non-hydrogen) atoms. The monoisotopic (exact) mass is 285 g/mol. The van der Waals surface area contributed by atoms with Crippen molar-refractivity contribution in [2.45, 2.75) is 57.6 Å². The van der Waals surface area contributed by atoms with Gasteiger partial charge >= 0.3 is 0 Å². The lowest BCUT2D eigenvalue weighted by molar-refractivity contribution is -0.144. The fourth-order valence-electron chi connectivity index (χ4n) is 3.66. The van der Waals surface area contributed by atoms with Gasteiger partial charge in [-0.2, -0.15) is 0 Å². The molecule has 2 fully saturated rings. The Bertz CT molecular complexity index is 255. The van der Waals surface area contributed by atoms with E-state index in [-0.39, 0.29) is 5.60 Å². The molecule has 2 saturated heterocycles. The zero-order valence-electron chi connectivity index (χ0n) is 13.2. The van der Waals surface area contributed by atoms with E-state index >= 15 is 0 Å². The Balaban J connectivity index is 2.11. The van der Waals surface area contributed by atoms with Crippen LogP contribution in [0.1, 0.15) is 46.0 Å². The lowest BCUT2D eigenvalue weighted by Gasteiger charge is -2.47. The van der Waals surface area contributed by atoms with Crippen LogP contribution in [0, 0.1) is 5.92 Å². The summed E-state index contributed by atoms with van der Waals surface area (Å²) in [4.78, 5) is 0. The first-order valence-electron chi connectivity index (χ1n) is 8.35. The third-order valence-corrected chi connectivity index (χ3v) is 4.62. The first-order chi connectivity index (χ1) is 9.82. The first kappa shape index (κ1) is 16.2. The highest BCUT2D eigenvalue weighted by Gasteiger charge is 2.44. The number of nitrogens with one attached hydrogen (secondary N) is 1. The molecule has 0 aliphatic carbocycles. The average molecular weight is 285 g/mol. The van der Waals surface area contributed by atoms with Crippen LogP contribution < -0.4 is 5.32 Å². The standard InChI is InChI=1S/C16H31NO3/c1-3-9-17-15(14-6-5-10-19-13-14)16(20-4-2)7-11-18-12-8-16/h14-15,17H,3-13H2,1-2H3. The van der Waals surface area contributed by atoms with E-state index in [9.17, 15) is 0 Å². The van der Waals surface area contributed by atoms with Gasteiger partial charge in [-0.15, -0.1) is 0 Å². The Labute approximate surface area is 123 Å². The van der Waals surface area contributed by atoms with Crippen LogP contribution in [0.25, 0.3) is 0 Å². The lowest BCUT2D eigenvalue weighted by Crippen LogP contribution is -2.60. The molecule has 2 heterocycles. The predicted molar refractivity (Wildman–Crippen MR) is 80.0 cm³/mol. The summed E-state index contributed by atoms with van der Waals surface area (Å²) in [6.07, 6.45) is 5.57. The molecule has 118 valence electrons. The third-order valence-electron chi connectivity index (χ3n) is 4.62. The highest BCUT2D eigenvalue weighted by atomic mass is 16.5. The fourth-order valence-corrected chi connectivity index (χ4v) is 3.66. The van der Waals surface area contributed by atoms with Crippen molar-refractivity contribution in [3.63, 3.8) is 0 Å². The van der Waals surface area contributed by atoms with Crippen molar-refractivity contribution >= 4 is 0 Å². The molecule has 0 aromatic heterocycles. The molecule has 0 amide bonds. The molecule has 2 rings (SSSR count). The van der Waals surface area contributed by atoms with Gasteiger partial charge < -0.3 is 19.5 Å². The van der Waals surface area contributed by atoms with Crippen molar-refractivity contribution in [1.29, 1.82) is 0 Å². The first-order valence-corrected chi connectivity index (χ1v) is 8.35. The minimum Gasteiger partial charge on any atom is -0.381 e.